The minimum atomic E-state index is -3.51. The fourth-order valence-electron chi connectivity index (χ4n) is 4.41. The molecule has 0 saturated carbocycles. The van der Waals surface area contributed by atoms with Gasteiger partial charge in [0.1, 0.15) is 0 Å². The third-order valence-corrected chi connectivity index (χ3v) is 8.37. The van der Waals surface area contributed by atoms with Crippen LogP contribution in [0, 0.1) is 19.8 Å². The molecule has 0 radical (unpaired) electrons. The molecule has 2 saturated heterocycles. The number of hydrogen-bond donors (Lipinski definition) is 0. The maximum absolute atomic E-state index is 13.0. The molecule has 0 unspecified atom stereocenters. The zero-order valence-corrected chi connectivity index (χ0v) is 19.1. The van der Waals surface area contributed by atoms with Crippen LogP contribution in [0.25, 0.3) is 0 Å². The van der Waals surface area contributed by atoms with E-state index in [9.17, 15) is 13.2 Å². The molecule has 0 aliphatic carbocycles. The number of nitrogens with zero attached hydrogens (tertiary/aromatic N) is 3. The third-order valence-electron chi connectivity index (χ3n) is 6.45. The molecule has 2 fully saturated rings. The normalized spacial score (nSPS) is 18.9. The molecule has 2 heterocycles. The number of hydrogen-bond acceptors (Lipinski definition) is 4. The molecule has 31 heavy (non-hydrogen) atoms. The van der Waals surface area contributed by atoms with Crippen molar-refractivity contribution in [3.63, 3.8) is 0 Å². The Balaban J connectivity index is 1.30. The van der Waals surface area contributed by atoms with Crippen LogP contribution >= 0.6 is 0 Å². The number of benzene rings is 2. The largest absolute Gasteiger partial charge is 0.371 e. The Kier molecular flexibility index (Phi) is 6.34. The quantitative estimate of drug-likeness (QED) is 0.732. The second kappa shape index (κ2) is 9.01. The number of piperazine rings is 1. The lowest BCUT2D eigenvalue weighted by Gasteiger charge is -2.38. The first kappa shape index (κ1) is 21.8. The van der Waals surface area contributed by atoms with Gasteiger partial charge >= 0.3 is 0 Å². The average molecular weight is 442 g/mol. The summed E-state index contributed by atoms with van der Waals surface area (Å²) in [6.07, 6.45) is 1.68. The number of carbonyl (C=O) groups is 1. The molecular formula is C24H31N3O3S. The number of amides is 1. The van der Waals surface area contributed by atoms with Gasteiger partial charge in [0.25, 0.3) is 0 Å². The Morgan fingerprint density at radius 3 is 1.84 bits per heavy atom. The van der Waals surface area contributed by atoms with Gasteiger partial charge < -0.3 is 9.80 Å². The van der Waals surface area contributed by atoms with Gasteiger partial charge in [-0.25, -0.2) is 8.42 Å². The number of sulfonamides is 1. The summed E-state index contributed by atoms with van der Waals surface area (Å²) in [5, 5.41) is 0. The molecule has 0 bridgehead atoms. The van der Waals surface area contributed by atoms with Crippen molar-refractivity contribution in [2.45, 2.75) is 31.6 Å². The summed E-state index contributed by atoms with van der Waals surface area (Å²) in [6.45, 7) is 7.40. The van der Waals surface area contributed by atoms with Crippen LogP contribution in [0.3, 0.4) is 0 Å². The van der Waals surface area contributed by atoms with Gasteiger partial charge in [-0.05, 0) is 51.0 Å². The maximum Gasteiger partial charge on any atom is 0.243 e. The van der Waals surface area contributed by atoms with Crippen molar-refractivity contribution in [2.24, 2.45) is 5.92 Å². The Hall–Kier alpha value is -2.38. The van der Waals surface area contributed by atoms with Crippen molar-refractivity contribution >= 4 is 21.6 Å². The van der Waals surface area contributed by atoms with Crippen molar-refractivity contribution < 1.29 is 13.2 Å². The van der Waals surface area contributed by atoms with Crippen LogP contribution in [0.4, 0.5) is 5.69 Å². The van der Waals surface area contributed by atoms with E-state index in [-0.39, 0.29) is 11.8 Å². The van der Waals surface area contributed by atoms with E-state index in [1.54, 1.807) is 12.1 Å². The Bertz CT molecular complexity index is 1000. The molecule has 0 N–H and O–H groups in total. The fourth-order valence-corrected chi connectivity index (χ4v) is 5.83. The summed E-state index contributed by atoms with van der Waals surface area (Å²) in [5.41, 5.74) is 3.49. The Morgan fingerprint density at radius 2 is 1.29 bits per heavy atom. The zero-order valence-electron chi connectivity index (χ0n) is 18.3. The standard InChI is InChI=1S/C24H31N3O3S/c1-19-3-7-22(8-4-19)25-13-11-21(12-14-25)24(28)26-15-17-27(18-16-26)31(29,30)23-9-5-20(2)6-10-23/h3-10,21H,11-18H2,1-2H3. The summed E-state index contributed by atoms with van der Waals surface area (Å²) in [4.78, 5) is 17.6. The molecular weight excluding hydrogens is 410 g/mol. The van der Waals surface area contributed by atoms with Gasteiger partial charge in [0.15, 0.2) is 0 Å². The monoisotopic (exact) mass is 441 g/mol. The first-order valence-corrected chi connectivity index (χ1v) is 12.5. The molecule has 2 aromatic rings. The van der Waals surface area contributed by atoms with E-state index in [4.69, 9.17) is 0 Å². The van der Waals surface area contributed by atoms with E-state index in [0.717, 1.165) is 31.5 Å². The number of piperidine rings is 1. The van der Waals surface area contributed by atoms with E-state index in [1.165, 1.54) is 15.6 Å². The van der Waals surface area contributed by atoms with E-state index < -0.39 is 10.0 Å². The van der Waals surface area contributed by atoms with E-state index >= 15 is 0 Å². The van der Waals surface area contributed by atoms with Crippen molar-refractivity contribution in [2.75, 3.05) is 44.2 Å². The van der Waals surface area contributed by atoms with Crippen molar-refractivity contribution in [1.29, 1.82) is 0 Å². The molecule has 6 nitrogen and oxygen atoms in total. The zero-order chi connectivity index (χ0) is 22.0. The lowest BCUT2D eigenvalue weighted by molar-refractivity contribution is -0.137. The highest BCUT2D eigenvalue weighted by atomic mass is 32.2. The summed E-state index contributed by atoms with van der Waals surface area (Å²) >= 11 is 0. The summed E-state index contributed by atoms with van der Waals surface area (Å²) < 4.78 is 27.3. The topological polar surface area (TPSA) is 60.9 Å². The van der Waals surface area contributed by atoms with Crippen LogP contribution in [0.15, 0.2) is 53.4 Å². The predicted molar refractivity (Wildman–Crippen MR) is 123 cm³/mol. The van der Waals surface area contributed by atoms with Crippen molar-refractivity contribution in [1.82, 2.24) is 9.21 Å². The van der Waals surface area contributed by atoms with Gasteiger partial charge in [0.05, 0.1) is 4.90 Å². The lowest BCUT2D eigenvalue weighted by Crippen LogP contribution is -2.52. The van der Waals surface area contributed by atoms with Crippen LogP contribution in [0.5, 0.6) is 0 Å². The molecule has 2 aliphatic rings. The van der Waals surface area contributed by atoms with E-state index in [2.05, 4.69) is 36.1 Å². The number of carbonyl (C=O) groups excluding carboxylic acids is 1. The Morgan fingerprint density at radius 1 is 0.774 bits per heavy atom. The summed E-state index contributed by atoms with van der Waals surface area (Å²) in [6, 6.07) is 15.5. The van der Waals surface area contributed by atoms with Gasteiger partial charge in [0.2, 0.25) is 15.9 Å². The van der Waals surface area contributed by atoms with E-state index in [1.807, 2.05) is 24.0 Å². The van der Waals surface area contributed by atoms with Gasteiger partial charge in [0, 0.05) is 50.9 Å². The maximum atomic E-state index is 13.0. The van der Waals surface area contributed by atoms with Crippen LogP contribution < -0.4 is 4.90 Å². The third kappa shape index (κ3) is 4.77. The van der Waals surface area contributed by atoms with Crippen LogP contribution in [0.2, 0.25) is 0 Å². The highest BCUT2D eigenvalue weighted by molar-refractivity contribution is 7.89. The molecule has 2 aliphatic heterocycles. The highest BCUT2D eigenvalue weighted by Crippen LogP contribution is 2.26. The van der Waals surface area contributed by atoms with Gasteiger partial charge in [-0.15, -0.1) is 0 Å². The summed E-state index contributed by atoms with van der Waals surface area (Å²) in [7, 11) is -3.51. The SMILES string of the molecule is Cc1ccc(N2CCC(C(=O)N3CCN(S(=O)(=O)c4ccc(C)cc4)CC3)CC2)cc1. The molecule has 4 rings (SSSR count). The molecule has 7 heteroatoms. The molecule has 0 atom stereocenters. The molecule has 1 amide bonds. The minimum absolute atomic E-state index is 0.0296. The molecule has 166 valence electrons. The molecule has 0 spiro atoms. The first-order chi connectivity index (χ1) is 14.8. The number of aryl methyl sites for hydroxylation is 2. The highest BCUT2D eigenvalue weighted by Gasteiger charge is 2.33. The lowest BCUT2D eigenvalue weighted by atomic mass is 9.94. The van der Waals surface area contributed by atoms with Crippen LogP contribution in [0.1, 0.15) is 24.0 Å². The fraction of sp³-hybridized carbons (Fsp3) is 0.458. The predicted octanol–water partition coefficient (Wildman–Crippen LogP) is 3.05. The molecule has 0 aromatic heterocycles. The van der Waals surface area contributed by atoms with Gasteiger partial charge in [-0.1, -0.05) is 35.4 Å². The Labute approximate surface area is 185 Å². The summed E-state index contributed by atoms with van der Waals surface area (Å²) in [5.74, 6) is 0.206. The van der Waals surface area contributed by atoms with Crippen molar-refractivity contribution in [3.05, 3.63) is 59.7 Å². The van der Waals surface area contributed by atoms with Gasteiger partial charge in [-0.2, -0.15) is 4.31 Å². The second-order valence-corrected chi connectivity index (χ2v) is 10.6. The van der Waals surface area contributed by atoms with Crippen LogP contribution in [-0.4, -0.2) is 62.8 Å². The minimum Gasteiger partial charge on any atom is -0.371 e. The van der Waals surface area contributed by atoms with Gasteiger partial charge in [-0.3, -0.25) is 4.79 Å². The second-order valence-electron chi connectivity index (χ2n) is 8.64. The van der Waals surface area contributed by atoms with Crippen LogP contribution in [-0.2, 0) is 14.8 Å². The van der Waals surface area contributed by atoms with Crippen molar-refractivity contribution in [3.8, 4) is 0 Å². The smallest absolute Gasteiger partial charge is 0.243 e. The number of anilines is 1. The molecule has 2 aromatic carbocycles. The number of rotatable bonds is 4. The first-order valence-electron chi connectivity index (χ1n) is 11.0. The average Bonchev–Trinajstić information content (AvgIpc) is 2.80. The van der Waals surface area contributed by atoms with E-state index in [0.29, 0.717) is 31.1 Å².